The number of aryl methyl sites for hydroxylation is 2. The summed E-state index contributed by atoms with van der Waals surface area (Å²) in [6, 6.07) is 12.1. The molecule has 0 amide bonds. The van der Waals surface area contributed by atoms with Crippen molar-refractivity contribution in [2.75, 3.05) is 7.11 Å². The van der Waals surface area contributed by atoms with E-state index in [-0.39, 0.29) is 5.75 Å². The summed E-state index contributed by atoms with van der Waals surface area (Å²) in [4.78, 5) is 0. The maximum atomic E-state index is 10.1. The van der Waals surface area contributed by atoms with Crippen molar-refractivity contribution >= 4 is 11.6 Å². The van der Waals surface area contributed by atoms with Crippen molar-refractivity contribution in [1.82, 2.24) is 0 Å². The molecule has 0 heterocycles. The largest absolute Gasteiger partial charge is 0.508 e. The van der Waals surface area contributed by atoms with Crippen molar-refractivity contribution in [1.29, 1.82) is 0 Å². The minimum Gasteiger partial charge on any atom is -0.508 e. The van der Waals surface area contributed by atoms with Gasteiger partial charge in [-0.2, -0.15) is 0 Å². The molecule has 0 atom stereocenters. The maximum absolute atomic E-state index is 10.1. The van der Waals surface area contributed by atoms with Crippen molar-refractivity contribution in [3.63, 3.8) is 0 Å². The number of halogens is 1. The summed E-state index contributed by atoms with van der Waals surface area (Å²) in [7, 11) is 1.59. The summed E-state index contributed by atoms with van der Waals surface area (Å²) >= 11 is 6.24. The number of hydrogen-bond donors (Lipinski definition) is 1. The average molecular weight is 305 g/mol. The molecule has 0 aliphatic rings. The van der Waals surface area contributed by atoms with Crippen LogP contribution in [-0.4, -0.2) is 12.2 Å². The van der Waals surface area contributed by atoms with Crippen molar-refractivity contribution < 1.29 is 9.84 Å². The van der Waals surface area contributed by atoms with Crippen LogP contribution in [0.4, 0.5) is 0 Å². The smallest absolute Gasteiger partial charge is 0.144 e. The number of rotatable bonds is 6. The maximum Gasteiger partial charge on any atom is 0.144 e. The molecule has 0 saturated carbocycles. The highest BCUT2D eigenvalue weighted by Crippen LogP contribution is 2.38. The highest BCUT2D eigenvalue weighted by atomic mass is 35.5. The minimum atomic E-state index is 0.272. The van der Waals surface area contributed by atoms with E-state index in [1.54, 1.807) is 13.2 Å². The first kappa shape index (κ1) is 15.7. The molecule has 2 rings (SSSR count). The van der Waals surface area contributed by atoms with Gasteiger partial charge in [-0.25, -0.2) is 0 Å². The van der Waals surface area contributed by atoms with Gasteiger partial charge in [-0.3, -0.25) is 0 Å². The first-order valence-corrected chi connectivity index (χ1v) is 7.60. The lowest BCUT2D eigenvalue weighted by atomic mass is 10.0. The van der Waals surface area contributed by atoms with Gasteiger partial charge in [0.1, 0.15) is 11.5 Å². The summed E-state index contributed by atoms with van der Waals surface area (Å²) in [5.41, 5.74) is 2.98. The zero-order valence-corrected chi connectivity index (χ0v) is 13.3. The second kappa shape index (κ2) is 7.37. The van der Waals surface area contributed by atoms with Crippen LogP contribution in [0.1, 0.15) is 29.5 Å². The van der Waals surface area contributed by atoms with Gasteiger partial charge in [0, 0.05) is 5.56 Å². The second-order valence-electron chi connectivity index (χ2n) is 5.23. The molecule has 0 unspecified atom stereocenters. The normalized spacial score (nSPS) is 10.6. The van der Waals surface area contributed by atoms with Gasteiger partial charge in [0.05, 0.1) is 12.1 Å². The third-order valence-electron chi connectivity index (χ3n) is 3.67. The summed E-state index contributed by atoms with van der Waals surface area (Å²) in [6.45, 7) is 1.86. The number of phenolic OH excluding ortho intramolecular Hbond substituents is 1. The van der Waals surface area contributed by atoms with E-state index < -0.39 is 0 Å². The van der Waals surface area contributed by atoms with Crippen molar-refractivity contribution in [2.45, 2.75) is 32.6 Å². The molecule has 0 spiro atoms. The van der Waals surface area contributed by atoms with E-state index in [9.17, 15) is 5.11 Å². The molecule has 0 saturated heterocycles. The van der Waals surface area contributed by atoms with E-state index in [1.807, 2.05) is 13.0 Å². The van der Waals surface area contributed by atoms with Gasteiger partial charge in [-0.15, -0.1) is 0 Å². The molecule has 0 aliphatic heterocycles. The second-order valence-corrected chi connectivity index (χ2v) is 5.61. The molecular weight excluding hydrogens is 284 g/mol. The Kier molecular flexibility index (Phi) is 5.51. The van der Waals surface area contributed by atoms with Gasteiger partial charge in [0.15, 0.2) is 0 Å². The van der Waals surface area contributed by atoms with Crippen LogP contribution in [0.15, 0.2) is 36.4 Å². The topological polar surface area (TPSA) is 29.5 Å². The fraction of sp³-hybridized carbons (Fsp3) is 0.333. The van der Waals surface area contributed by atoms with Crippen LogP contribution in [0, 0.1) is 6.92 Å². The summed E-state index contributed by atoms with van der Waals surface area (Å²) in [5.74, 6) is 0.877. The van der Waals surface area contributed by atoms with Crippen LogP contribution in [0.3, 0.4) is 0 Å². The minimum absolute atomic E-state index is 0.272. The highest BCUT2D eigenvalue weighted by Gasteiger charge is 2.15. The van der Waals surface area contributed by atoms with Crippen molar-refractivity contribution in [3.8, 4) is 11.5 Å². The fourth-order valence-corrected chi connectivity index (χ4v) is 2.76. The van der Waals surface area contributed by atoms with Crippen LogP contribution < -0.4 is 4.74 Å². The summed E-state index contributed by atoms with van der Waals surface area (Å²) in [6.07, 6.45) is 3.86. The lowest BCUT2D eigenvalue weighted by molar-refractivity contribution is 0.398. The Morgan fingerprint density at radius 1 is 1.10 bits per heavy atom. The summed E-state index contributed by atoms with van der Waals surface area (Å²) < 4.78 is 5.36. The number of ether oxygens (including phenoxy) is 1. The monoisotopic (exact) mass is 304 g/mol. The SMILES string of the molecule is COc1c(Cl)c(C)cc(O)c1CCCCc1ccccc1. The standard InChI is InChI=1S/C18H21ClO2/c1-13-12-16(20)15(18(21-2)17(13)19)11-7-6-10-14-8-4-3-5-9-14/h3-5,8-9,12,20H,6-7,10-11H2,1-2H3. The van der Waals surface area contributed by atoms with Crippen LogP contribution in [0.5, 0.6) is 11.5 Å². The molecule has 21 heavy (non-hydrogen) atoms. The van der Waals surface area contributed by atoms with Gasteiger partial charge in [0.2, 0.25) is 0 Å². The van der Waals surface area contributed by atoms with E-state index in [2.05, 4.69) is 24.3 Å². The van der Waals surface area contributed by atoms with Gasteiger partial charge >= 0.3 is 0 Å². The van der Waals surface area contributed by atoms with Crippen LogP contribution in [0.2, 0.25) is 5.02 Å². The molecule has 2 nitrogen and oxygen atoms in total. The first-order valence-electron chi connectivity index (χ1n) is 7.22. The van der Waals surface area contributed by atoms with Gasteiger partial charge < -0.3 is 9.84 Å². The third-order valence-corrected chi connectivity index (χ3v) is 4.14. The van der Waals surface area contributed by atoms with Crippen molar-refractivity contribution in [2.24, 2.45) is 0 Å². The molecule has 3 heteroatoms. The number of hydrogen-bond acceptors (Lipinski definition) is 2. The molecule has 2 aromatic rings. The molecule has 2 aromatic carbocycles. The molecular formula is C18H21ClO2. The Morgan fingerprint density at radius 2 is 1.76 bits per heavy atom. The average Bonchev–Trinajstić information content (AvgIpc) is 2.49. The first-order chi connectivity index (χ1) is 10.1. The number of phenols is 1. The number of unbranched alkanes of at least 4 members (excludes halogenated alkanes) is 1. The Morgan fingerprint density at radius 3 is 2.43 bits per heavy atom. The predicted octanol–water partition coefficient (Wildman–Crippen LogP) is 4.93. The van der Waals surface area contributed by atoms with E-state index in [0.717, 1.165) is 36.8 Å². The molecule has 0 bridgehead atoms. The Balaban J connectivity index is 1.99. The lowest BCUT2D eigenvalue weighted by Gasteiger charge is -2.14. The zero-order valence-electron chi connectivity index (χ0n) is 12.5. The molecule has 0 radical (unpaired) electrons. The van der Waals surface area contributed by atoms with Crippen LogP contribution >= 0.6 is 11.6 Å². The number of benzene rings is 2. The molecule has 0 fully saturated rings. The molecule has 1 N–H and O–H groups in total. The molecule has 0 aliphatic carbocycles. The van der Waals surface area contributed by atoms with E-state index in [4.69, 9.17) is 16.3 Å². The quantitative estimate of drug-likeness (QED) is 0.767. The Labute approximate surface area is 131 Å². The summed E-state index contributed by atoms with van der Waals surface area (Å²) in [5, 5.41) is 10.7. The highest BCUT2D eigenvalue weighted by molar-refractivity contribution is 6.33. The lowest BCUT2D eigenvalue weighted by Crippen LogP contribution is -1.97. The molecule has 0 aromatic heterocycles. The zero-order chi connectivity index (χ0) is 15.2. The number of aromatic hydroxyl groups is 1. The van der Waals surface area contributed by atoms with Gasteiger partial charge in [0.25, 0.3) is 0 Å². The Hall–Kier alpha value is -1.67. The van der Waals surface area contributed by atoms with Gasteiger partial charge in [-0.05, 0) is 49.8 Å². The molecule has 112 valence electrons. The fourth-order valence-electron chi connectivity index (χ4n) is 2.51. The van der Waals surface area contributed by atoms with E-state index in [1.165, 1.54) is 5.56 Å². The third kappa shape index (κ3) is 3.92. The predicted molar refractivity (Wildman–Crippen MR) is 87.5 cm³/mol. The van der Waals surface area contributed by atoms with Crippen molar-refractivity contribution in [3.05, 3.63) is 58.1 Å². The Bertz CT molecular complexity index is 594. The van der Waals surface area contributed by atoms with E-state index in [0.29, 0.717) is 10.8 Å². The van der Waals surface area contributed by atoms with Gasteiger partial charge in [-0.1, -0.05) is 41.9 Å². The number of methoxy groups -OCH3 is 1. The van der Waals surface area contributed by atoms with E-state index >= 15 is 0 Å². The van der Waals surface area contributed by atoms with Crippen LogP contribution in [-0.2, 0) is 12.8 Å². The van der Waals surface area contributed by atoms with Crippen LogP contribution in [0.25, 0.3) is 0 Å².